The number of ether oxygens (including phenoxy) is 1. The number of fused-ring (bicyclic) bond motifs is 1. The van der Waals surface area contributed by atoms with Gasteiger partial charge in [-0.1, -0.05) is 0 Å². The first kappa shape index (κ1) is 11.0. The zero-order valence-corrected chi connectivity index (χ0v) is 11.1. The maximum atomic E-state index is 5.45. The van der Waals surface area contributed by atoms with Gasteiger partial charge < -0.3 is 14.6 Å². The molecule has 6 heteroatoms. The Labute approximate surface area is 107 Å². The first-order valence-electron chi connectivity index (χ1n) is 5.60. The van der Waals surface area contributed by atoms with Gasteiger partial charge in [0.25, 0.3) is 0 Å². The molecule has 17 heavy (non-hydrogen) atoms. The third kappa shape index (κ3) is 1.91. The van der Waals surface area contributed by atoms with Crippen molar-refractivity contribution in [3.05, 3.63) is 17.0 Å². The third-order valence-electron chi connectivity index (χ3n) is 3.00. The van der Waals surface area contributed by atoms with Gasteiger partial charge in [-0.15, -0.1) is 0 Å². The van der Waals surface area contributed by atoms with Crippen LogP contribution in [0.25, 0.3) is 11.0 Å². The van der Waals surface area contributed by atoms with Crippen molar-refractivity contribution in [2.45, 2.75) is 13.0 Å². The molecule has 0 saturated carbocycles. The highest BCUT2D eigenvalue weighted by molar-refractivity contribution is 9.10. The largest absolute Gasteiger partial charge is 0.377 e. The fraction of sp³-hybridized carbons (Fsp3) is 0.455. The Kier molecular flexibility index (Phi) is 2.76. The Morgan fingerprint density at radius 1 is 1.59 bits per heavy atom. The molecule has 0 radical (unpaired) electrons. The van der Waals surface area contributed by atoms with Gasteiger partial charge in [-0.25, -0.2) is 9.97 Å². The van der Waals surface area contributed by atoms with Crippen LogP contribution in [0.15, 0.2) is 17.0 Å². The lowest BCUT2D eigenvalue weighted by atomic mass is 10.2. The molecule has 5 nitrogen and oxygen atoms in total. The predicted octanol–water partition coefficient (Wildman–Crippen LogP) is 1.95. The van der Waals surface area contributed by atoms with Gasteiger partial charge in [0.15, 0.2) is 5.82 Å². The van der Waals surface area contributed by atoms with Gasteiger partial charge in [0.2, 0.25) is 0 Å². The van der Waals surface area contributed by atoms with Crippen LogP contribution in [0.4, 0.5) is 5.82 Å². The molecule has 0 bridgehead atoms. The molecule has 2 aromatic heterocycles. The molecular weight excluding hydrogens is 284 g/mol. The molecule has 0 aliphatic carbocycles. The van der Waals surface area contributed by atoms with E-state index in [0.717, 1.165) is 41.2 Å². The molecule has 0 aromatic carbocycles. The van der Waals surface area contributed by atoms with E-state index >= 15 is 0 Å². The maximum Gasteiger partial charge on any atom is 0.158 e. The van der Waals surface area contributed by atoms with Crippen molar-refractivity contribution in [1.29, 1.82) is 0 Å². The maximum absolute atomic E-state index is 5.45. The molecule has 1 fully saturated rings. The standard InChI is InChI=1S/C11H13BrN4O/c1-7-5-17-3-2-16(7)11-10-8(13-6-14-10)4-9(12)15-11/h4,6-7H,2-3,5H2,1H3,(H,13,14). The van der Waals surface area contributed by atoms with Crippen LogP contribution in [0.5, 0.6) is 0 Å². The van der Waals surface area contributed by atoms with Gasteiger partial charge in [0.05, 0.1) is 31.1 Å². The lowest BCUT2D eigenvalue weighted by Gasteiger charge is -2.34. The number of pyridine rings is 1. The predicted molar refractivity (Wildman–Crippen MR) is 69.2 cm³/mol. The smallest absolute Gasteiger partial charge is 0.158 e. The summed E-state index contributed by atoms with van der Waals surface area (Å²) < 4.78 is 6.27. The lowest BCUT2D eigenvalue weighted by molar-refractivity contribution is 0.0986. The third-order valence-corrected chi connectivity index (χ3v) is 3.40. The van der Waals surface area contributed by atoms with E-state index in [-0.39, 0.29) is 0 Å². The molecule has 1 atom stereocenters. The molecule has 3 heterocycles. The summed E-state index contributed by atoms with van der Waals surface area (Å²) in [5.41, 5.74) is 1.92. The minimum Gasteiger partial charge on any atom is -0.377 e. The molecule has 1 saturated heterocycles. The summed E-state index contributed by atoms with van der Waals surface area (Å²) in [5.74, 6) is 0.923. The van der Waals surface area contributed by atoms with Crippen LogP contribution >= 0.6 is 15.9 Å². The first-order chi connectivity index (χ1) is 8.25. The van der Waals surface area contributed by atoms with Gasteiger partial charge in [0.1, 0.15) is 10.1 Å². The van der Waals surface area contributed by atoms with Crippen LogP contribution in [0, 0.1) is 0 Å². The molecule has 1 aliphatic heterocycles. The highest BCUT2D eigenvalue weighted by Gasteiger charge is 2.23. The Balaban J connectivity index is 2.11. The van der Waals surface area contributed by atoms with E-state index in [1.54, 1.807) is 6.33 Å². The van der Waals surface area contributed by atoms with Gasteiger partial charge in [-0.3, -0.25) is 0 Å². The van der Waals surface area contributed by atoms with Crippen molar-refractivity contribution in [2.24, 2.45) is 0 Å². The molecule has 3 rings (SSSR count). The van der Waals surface area contributed by atoms with Gasteiger partial charge >= 0.3 is 0 Å². The Bertz CT molecular complexity index is 541. The van der Waals surface area contributed by atoms with E-state index in [1.807, 2.05) is 6.07 Å². The number of nitrogens with one attached hydrogen (secondary N) is 1. The molecule has 0 amide bonds. The lowest BCUT2D eigenvalue weighted by Crippen LogP contribution is -2.44. The second-order valence-electron chi connectivity index (χ2n) is 4.18. The molecule has 1 aliphatic rings. The quantitative estimate of drug-likeness (QED) is 0.817. The fourth-order valence-corrected chi connectivity index (χ4v) is 2.54. The average molecular weight is 297 g/mol. The molecular formula is C11H13BrN4O. The minimum atomic E-state index is 0.324. The fourth-order valence-electron chi connectivity index (χ4n) is 2.14. The van der Waals surface area contributed by atoms with E-state index in [1.165, 1.54) is 0 Å². The number of aromatic nitrogens is 3. The second kappa shape index (κ2) is 4.27. The van der Waals surface area contributed by atoms with Gasteiger partial charge in [-0.05, 0) is 28.9 Å². The zero-order valence-electron chi connectivity index (χ0n) is 9.48. The van der Waals surface area contributed by atoms with Crippen LogP contribution < -0.4 is 4.90 Å². The highest BCUT2D eigenvalue weighted by atomic mass is 79.9. The Morgan fingerprint density at radius 3 is 3.29 bits per heavy atom. The summed E-state index contributed by atoms with van der Waals surface area (Å²) in [7, 11) is 0. The molecule has 90 valence electrons. The monoisotopic (exact) mass is 296 g/mol. The topological polar surface area (TPSA) is 54.0 Å². The van der Waals surface area contributed by atoms with E-state index in [9.17, 15) is 0 Å². The first-order valence-corrected chi connectivity index (χ1v) is 6.39. The summed E-state index contributed by atoms with van der Waals surface area (Å²) in [5, 5.41) is 0. The van der Waals surface area contributed by atoms with Crippen LogP contribution in [-0.4, -0.2) is 40.8 Å². The summed E-state index contributed by atoms with van der Waals surface area (Å²) in [6.07, 6.45) is 1.70. The number of aromatic amines is 1. The normalized spacial score (nSPS) is 21.1. The number of nitrogens with zero attached hydrogens (tertiary/aromatic N) is 3. The zero-order chi connectivity index (χ0) is 11.8. The van der Waals surface area contributed by atoms with Crippen LogP contribution in [0.2, 0.25) is 0 Å². The van der Waals surface area contributed by atoms with Crippen molar-refractivity contribution in [3.63, 3.8) is 0 Å². The summed E-state index contributed by atoms with van der Waals surface area (Å²) >= 11 is 3.44. The average Bonchev–Trinajstić information content (AvgIpc) is 2.76. The second-order valence-corrected chi connectivity index (χ2v) is 5.00. The van der Waals surface area contributed by atoms with Crippen LogP contribution in [0.3, 0.4) is 0 Å². The van der Waals surface area contributed by atoms with E-state index < -0.39 is 0 Å². The number of rotatable bonds is 1. The van der Waals surface area contributed by atoms with E-state index in [2.05, 4.69) is 42.7 Å². The van der Waals surface area contributed by atoms with Gasteiger partial charge in [0, 0.05) is 6.54 Å². The summed E-state index contributed by atoms with van der Waals surface area (Å²) in [6.45, 7) is 4.47. The number of hydrogen-bond acceptors (Lipinski definition) is 4. The summed E-state index contributed by atoms with van der Waals surface area (Å²) in [4.78, 5) is 14.3. The number of morpholine rings is 1. The van der Waals surface area contributed by atoms with Gasteiger partial charge in [-0.2, -0.15) is 0 Å². The molecule has 1 N–H and O–H groups in total. The minimum absolute atomic E-state index is 0.324. The molecule has 0 spiro atoms. The highest BCUT2D eigenvalue weighted by Crippen LogP contribution is 2.27. The Hall–Kier alpha value is -1.14. The number of anilines is 1. The number of H-pyrrole nitrogens is 1. The molecule has 2 aromatic rings. The van der Waals surface area contributed by atoms with Crippen molar-refractivity contribution in [2.75, 3.05) is 24.7 Å². The van der Waals surface area contributed by atoms with Crippen molar-refractivity contribution in [3.8, 4) is 0 Å². The number of hydrogen-bond donors (Lipinski definition) is 1. The SMILES string of the molecule is CC1COCCN1c1nc(Br)cc2[nH]cnc12. The number of imidazole rings is 1. The van der Waals surface area contributed by atoms with E-state index in [4.69, 9.17) is 4.74 Å². The summed E-state index contributed by atoms with van der Waals surface area (Å²) in [6, 6.07) is 2.27. The van der Waals surface area contributed by atoms with Crippen molar-refractivity contribution in [1.82, 2.24) is 15.0 Å². The Morgan fingerprint density at radius 2 is 2.47 bits per heavy atom. The van der Waals surface area contributed by atoms with Crippen LogP contribution in [-0.2, 0) is 4.74 Å². The molecule has 1 unspecified atom stereocenters. The van der Waals surface area contributed by atoms with E-state index in [0.29, 0.717) is 6.04 Å². The van der Waals surface area contributed by atoms with Crippen molar-refractivity contribution >= 4 is 32.8 Å². The number of halogens is 1. The van der Waals surface area contributed by atoms with Crippen LogP contribution in [0.1, 0.15) is 6.92 Å². The van der Waals surface area contributed by atoms with Crippen molar-refractivity contribution < 1.29 is 4.74 Å².